The molecule has 0 saturated heterocycles. The Labute approximate surface area is 114 Å². The Balaban J connectivity index is 2.06. The highest BCUT2D eigenvalue weighted by Crippen LogP contribution is 2.31. The molecule has 0 aliphatic heterocycles. The first kappa shape index (κ1) is 15.9. The number of carbonyl (C=O) groups excluding carboxylic acids is 3. The number of rotatable bonds is 9. The molecular weight excluding hydrogens is 244 g/mol. The maximum atomic E-state index is 11.6. The van der Waals surface area contributed by atoms with Gasteiger partial charge in [-0.25, -0.2) is 0 Å². The molecule has 0 aromatic rings. The van der Waals surface area contributed by atoms with Crippen LogP contribution in [0.4, 0.5) is 0 Å². The molecule has 1 rings (SSSR count). The molecule has 108 valence electrons. The molecule has 1 aliphatic carbocycles. The molecule has 0 heterocycles. The zero-order valence-corrected chi connectivity index (χ0v) is 11.7. The first-order valence-corrected chi connectivity index (χ1v) is 7.32. The number of ketones is 1. The van der Waals surface area contributed by atoms with Crippen molar-refractivity contribution in [2.75, 3.05) is 6.61 Å². The second-order valence-electron chi connectivity index (χ2n) is 5.17. The highest BCUT2D eigenvalue weighted by atomic mass is 16.5. The molecule has 0 radical (unpaired) electrons. The minimum Gasteiger partial charge on any atom is -0.466 e. The molecule has 0 unspecified atom stereocenters. The van der Waals surface area contributed by atoms with E-state index in [-0.39, 0.29) is 23.6 Å². The van der Waals surface area contributed by atoms with E-state index in [4.69, 9.17) is 4.74 Å². The van der Waals surface area contributed by atoms with E-state index in [1.54, 1.807) is 6.92 Å². The van der Waals surface area contributed by atoms with Crippen molar-refractivity contribution in [3.05, 3.63) is 0 Å². The third-order valence-electron chi connectivity index (χ3n) is 3.78. The minimum atomic E-state index is -0.130. The van der Waals surface area contributed by atoms with Gasteiger partial charge in [0, 0.05) is 24.7 Å². The molecule has 4 nitrogen and oxygen atoms in total. The van der Waals surface area contributed by atoms with Gasteiger partial charge in [-0.3, -0.25) is 9.59 Å². The molecule has 19 heavy (non-hydrogen) atoms. The molecule has 0 aromatic carbocycles. The third-order valence-corrected chi connectivity index (χ3v) is 3.78. The van der Waals surface area contributed by atoms with Crippen LogP contribution in [-0.2, 0) is 19.1 Å². The van der Waals surface area contributed by atoms with E-state index in [9.17, 15) is 14.4 Å². The first-order valence-electron chi connectivity index (χ1n) is 7.32. The Morgan fingerprint density at radius 2 is 2.05 bits per heavy atom. The number of aldehydes is 1. The SMILES string of the molecule is CCOC(=O)CCCCCC[C@@H]1C(=O)CC[C@H]1C=O. The van der Waals surface area contributed by atoms with Crippen LogP contribution in [-0.4, -0.2) is 24.6 Å². The summed E-state index contributed by atoms with van der Waals surface area (Å²) in [5, 5.41) is 0. The number of hydrogen-bond acceptors (Lipinski definition) is 4. The highest BCUT2D eigenvalue weighted by molar-refractivity contribution is 5.86. The van der Waals surface area contributed by atoms with Gasteiger partial charge in [0.15, 0.2) is 0 Å². The fourth-order valence-corrected chi connectivity index (χ4v) is 2.69. The standard InChI is InChI=1S/C15H24O4/c1-2-19-15(18)8-6-4-3-5-7-13-12(11-16)9-10-14(13)17/h11-13H,2-10H2,1H3/t12-,13-/m0/s1. The molecule has 1 aliphatic rings. The third kappa shape index (κ3) is 5.53. The van der Waals surface area contributed by atoms with Gasteiger partial charge in [0.2, 0.25) is 0 Å². The van der Waals surface area contributed by atoms with Crippen molar-refractivity contribution in [1.82, 2.24) is 0 Å². The van der Waals surface area contributed by atoms with Gasteiger partial charge in [0.05, 0.1) is 6.61 Å². The van der Waals surface area contributed by atoms with Crippen LogP contribution in [0.15, 0.2) is 0 Å². The fraction of sp³-hybridized carbons (Fsp3) is 0.800. The molecule has 0 aromatic heterocycles. The van der Waals surface area contributed by atoms with E-state index in [2.05, 4.69) is 0 Å². The zero-order chi connectivity index (χ0) is 14.1. The van der Waals surface area contributed by atoms with Crippen molar-refractivity contribution in [1.29, 1.82) is 0 Å². The normalized spacial score (nSPS) is 22.5. The van der Waals surface area contributed by atoms with Crippen molar-refractivity contribution in [3.63, 3.8) is 0 Å². The lowest BCUT2D eigenvalue weighted by molar-refractivity contribution is -0.143. The number of ether oxygens (including phenoxy) is 1. The first-order chi connectivity index (χ1) is 9.19. The topological polar surface area (TPSA) is 60.4 Å². The monoisotopic (exact) mass is 268 g/mol. The molecule has 0 spiro atoms. The molecule has 0 bridgehead atoms. The van der Waals surface area contributed by atoms with E-state index in [0.29, 0.717) is 19.4 Å². The van der Waals surface area contributed by atoms with Gasteiger partial charge >= 0.3 is 5.97 Å². The predicted octanol–water partition coefficient (Wildman–Crippen LogP) is 2.68. The number of hydrogen-bond donors (Lipinski definition) is 0. The van der Waals surface area contributed by atoms with E-state index >= 15 is 0 Å². The van der Waals surface area contributed by atoms with Crippen LogP contribution >= 0.6 is 0 Å². The smallest absolute Gasteiger partial charge is 0.305 e. The highest BCUT2D eigenvalue weighted by Gasteiger charge is 2.33. The largest absolute Gasteiger partial charge is 0.466 e. The van der Waals surface area contributed by atoms with Crippen LogP contribution < -0.4 is 0 Å². The average Bonchev–Trinajstić information content (AvgIpc) is 2.75. The van der Waals surface area contributed by atoms with Crippen LogP contribution in [0.5, 0.6) is 0 Å². The molecular formula is C15H24O4. The maximum absolute atomic E-state index is 11.6. The average molecular weight is 268 g/mol. The summed E-state index contributed by atoms with van der Waals surface area (Å²) in [4.78, 5) is 33.5. The van der Waals surface area contributed by atoms with E-state index in [1.165, 1.54) is 0 Å². The predicted molar refractivity (Wildman–Crippen MR) is 71.6 cm³/mol. The van der Waals surface area contributed by atoms with Gasteiger partial charge in [-0.15, -0.1) is 0 Å². The summed E-state index contributed by atoms with van der Waals surface area (Å²) in [6.45, 7) is 2.25. The number of Topliss-reactive ketones (excluding diaryl/α,β-unsaturated/α-hetero) is 1. The minimum absolute atomic E-state index is 0.0393. The van der Waals surface area contributed by atoms with Crippen LogP contribution in [0.2, 0.25) is 0 Å². The lowest BCUT2D eigenvalue weighted by Crippen LogP contribution is -2.15. The fourth-order valence-electron chi connectivity index (χ4n) is 2.69. The zero-order valence-electron chi connectivity index (χ0n) is 11.7. The molecule has 1 saturated carbocycles. The van der Waals surface area contributed by atoms with Crippen LogP contribution in [0.3, 0.4) is 0 Å². The van der Waals surface area contributed by atoms with E-state index in [1.807, 2.05) is 0 Å². The van der Waals surface area contributed by atoms with Crippen LogP contribution in [0.1, 0.15) is 58.3 Å². The maximum Gasteiger partial charge on any atom is 0.305 e. The molecule has 2 atom stereocenters. The quantitative estimate of drug-likeness (QED) is 0.366. The lowest BCUT2D eigenvalue weighted by Gasteiger charge is -2.12. The summed E-state index contributed by atoms with van der Waals surface area (Å²) in [5.74, 6) is 0.0349. The van der Waals surface area contributed by atoms with Gasteiger partial charge in [0.1, 0.15) is 12.1 Å². The summed E-state index contributed by atoms with van der Waals surface area (Å²) in [5.41, 5.74) is 0. The number of esters is 1. The van der Waals surface area contributed by atoms with Crippen molar-refractivity contribution in [3.8, 4) is 0 Å². The number of carbonyl (C=O) groups is 3. The second-order valence-corrected chi connectivity index (χ2v) is 5.17. The summed E-state index contributed by atoms with van der Waals surface area (Å²) in [6, 6.07) is 0. The van der Waals surface area contributed by atoms with E-state index in [0.717, 1.165) is 44.8 Å². The van der Waals surface area contributed by atoms with Crippen molar-refractivity contribution in [2.24, 2.45) is 11.8 Å². The molecule has 0 amide bonds. The Kier molecular flexibility index (Phi) is 7.38. The summed E-state index contributed by atoms with van der Waals surface area (Å²) in [6.07, 6.45) is 7.33. The van der Waals surface area contributed by atoms with Crippen LogP contribution in [0, 0.1) is 11.8 Å². The van der Waals surface area contributed by atoms with Gasteiger partial charge in [-0.05, 0) is 26.2 Å². The Bertz CT molecular complexity index is 311. The molecule has 0 N–H and O–H groups in total. The Morgan fingerprint density at radius 3 is 2.74 bits per heavy atom. The van der Waals surface area contributed by atoms with Crippen molar-refractivity contribution in [2.45, 2.75) is 58.3 Å². The van der Waals surface area contributed by atoms with Gasteiger partial charge < -0.3 is 9.53 Å². The molecule has 1 fully saturated rings. The molecule has 4 heteroatoms. The van der Waals surface area contributed by atoms with Crippen molar-refractivity contribution >= 4 is 18.0 Å². The Morgan fingerprint density at radius 1 is 1.32 bits per heavy atom. The second kappa shape index (κ2) is 8.83. The van der Waals surface area contributed by atoms with Gasteiger partial charge in [-0.1, -0.05) is 19.3 Å². The lowest BCUT2D eigenvalue weighted by atomic mass is 9.91. The summed E-state index contributed by atoms with van der Waals surface area (Å²) >= 11 is 0. The van der Waals surface area contributed by atoms with Crippen LogP contribution in [0.25, 0.3) is 0 Å². The number of unbranched alkanes of at least 4 members (excludes halogenated alkanes) is 3. The van der Waals surface area contributed by atoms with Crippen molar-refractivity contribution < 1.29 is 19.1 Å². The summed E-state index contributed by atoms with van der Waals surface area (Å²) in [7, 11) is 0. The van der Waals surface area contributed by atoms with Gasteiger partial charge in [0.25, 0.3) is 0 Å². The van der Waals surface area contributed by atoms with Gasteiger partial charge in [-0.2, -0.15) is 0 Å². The van der Waals surface area contributed by atoms with E-state index < -0.39 is 0 Å². The summed E-state index contributed by atoms with van der Waals surface area (Å²) < 4.78 is 4.85. The Hall–Kier alpha value is -1.19.